The number of carbonyl (C=O) groups is 2. The van der Waals surface area contributed by atoms with E-state index in [9.17, 15) is 19.8 Å². The summed E-state index contributed by atoms with van der Waals surface area (Å²) in [4.78, 5) is 24.7. The molecule has 3 N–H and O–H groups in total. The Labute approximate surface area is 128 Å². The number of nitrogens with one attached hydrogen (secondary N) is 1. The minimum atomic E-state index is -1.53. The van der Waals surface area contributed by atoms with Crippen LogP contribution in [0.25, 0.3) is 0 Å². The molecule has 2 rings (SSSR count). The van der Waals surface area contributed by atoms with Crippen LogP contribution >= 0.6 is 0 Å². The van der Waals surface area contributed by atoms with Crippen LogP contribution in [0.5, 0.6) is 0 Å². The highest BCUT2D eigenvalue weighted by atomic mass is 16.3. The number of aliphatic hydroxyl groups is 2. The molecule has 0 aromatic carbocycles. The Morgan fingerprint density at radius 3 is 2.91 bits per heavy atom. The number of hydrogen-bond donors (Lipinski definition) is 3. The molecule has 2 atom stereocenters. The lowest BCUT2D eigenvalue weighted by atomic mass is 10.0. The first-order valence-corrected chi connectivity index (χ1v) is 7.33. The second-order valence-corrected chi connectivity index (χ2v) is 5.68. The first-order chi connectivity index (χ1) is 10.4. The second-order valence-electron chi connectivity index (χ2n) is 5.68. The van der Waals surface area contributed by atoms with Crippen molar-refractivity contribution in [3.8, 4) is 0 Å². The number of rotatable bonds is 5. The van der Waals surface area contributed by atoms with E-state index in [0.717, 1.165) is 13.0 Å². The Hall–Kier alpha value is -1.93. The van der Waals surface area contributed by atoms with E-state index in [-0.39, 0.29) is 37.1 Å². The summed E-state index contributed by atoms with van der Waals surface area (Å²) >= 11 is 0. The van der Waals surface area contributed by atoms with Crippen molar-refractivity contribution in [2.75, 3.05) is 19.6 Å². The standard InChI is InChI=1S/C14H22N4O4/c1-3-5-18-6-4-11(16-18)13(21)17-7-12(20)14(22,9-17)8-15-10(2)19/h4,6,12,20,22H,3,5,7-9H2,1-2H3,(H,15,19)/t12-,14+/m1/s1. The number of aryl methyl sites for hydroxylation is 1. The van der Waals surface area contributed by atoms with E-state index in [2.05, 4.69) is 10.4 Å². The van der Waals surface area contributed by atoms with Crippen LogP contribution in [-0.2, 0) is 11.3 Å². The minimum Gasteiger partial charge on any atom is -0.388 e. The summed E-state index contributed by atoms with van der Waals surface area (Å²) in [5.74, 6) is -0.642. The average Bonchev–Trinajstić information content (AvgIpc) is 3.03. The van der Waals surface area contributed by atoms with E-state index in [0.29, 0.717) is 0 Å². The van der Waals surface area contributed by atoms with Crippen LogP contribution in [0, 0.1) is 0 Å². The Morgan fingerprint density at radius 1 is 1.55 bits per heavy atom. The maximum absolute atomic E-state index is 12.4. The summed E-state index contributed by atoms with van der Waals surface area (Å²) in [5, 5.41) is 27.0. The van der Waals surface area contributed by atoms with Crippen LogP contribution in [0.4, 0.5) is 0 Å². The SMILES string of the molecule is CCCn1ccc(C(=O)N2C[C@@H](O)[C@](O)(CNC(C)=O)C2)n1. The smallest absolute Gasteiger partial charge is 0.274 e. The highest BCUT2D eigenvalue weighted by Gasteiger charge is 2.46. The molecule has 1 aliphatic heterocycles. The first kappa shape index (κ1) is 16.4. The normalized spacial score (nSPS) is 24.5. The van der Waals surface area contributed by atoms with Gasteiger partial charge in [-0.05, 0) is 12.5 Å². The zero-order valence-electron chi connectivity index (χ0n) is 12.8. The molecule has 22 heavy (non-hydrogen) atoms. The van der Waals surface area contributed by atoms with Crippen molar-refractivity contribution >= 4 is 11.8 Å². The summed E-state index contributed by atoms with van der Waals surface area (Å²) in [7, 11) is 0. The van der Waals surface area contributed by atoms with E-state index in [4.69, 9.17) is 0 Å². The largest absolute Gasteiger partial charge is 0.388 e. The van der Waals surface area contributed by atoms with Gasteiger partial charge in [0, 0.05) is 19.7 Å². The van der Waals surface area contributed by atoms with Crippen LogP contribution in [0.1, 0.15) is 30.8 Å². The molecule has 2 heterocycles. The number of aromatic nitrogens is 2. The van der Waals surface area contributed by atoms with Crippen LogP contribution in [-0.4, -0.2) is 68.0 Å². The number of likely N-dealkylation sites (tertiary alicyclic amines) is 1. The van der Waals surface area contributed by atoms with Gasteiger partial charge in [0.1, 0.15) is 17.4 Å². The molecule has 1 fully saturated rings. The lowest BCUT2D eigenvalue weighted by Crippen LogP contribution is -2.51. The lowest BCUT2D eigenvalue weighted by molar-refractivity contribution is -0.121. The van der Waals surface area contributed by atoms with Gasteiger partial charge in [0.15, 0.2) is 0 Å². The summed E-state index contributed by atoms with van der Waals surface area (Å²) < 4.78 is 1.68. The monoisotopic (exact) mass is 310 g/mol. The van der Waals surface area contributed by atoms with E-state index in [1.54, 1.807) is 16.9 Å². The predicted molar refractivity (Wildman–Crippen MR) is 78.1 cm³/mol. The van der Waals surface area contributed by atoms with Gasteiger partial charge in [0.05, 0.1) is 19.6 Å². The fourth-order valence-electron chi connectivity index (χ4n) is 2.48. The molecule has 2 amide bonds. The number of amides is 2. The van der Waals surface area contributed by atoms with Gasteiger partial charge in [-0.1, -0.05) is 6.92 Å². The Morgan fingerprint density at radius 2 is 2.27 bits per heavy atom. The molecule has 0 bridgehead atoms. The highest BCUT2D eigenvalue weighted by Crippen LogP contribution is 2.22. The van der Waals surface area contributed by atoms with Gasteiger partial charge in [0.2, 0.25) is 5.91 Å². The van der Waals surface area contributed by atoms with E-state index in [1.165, 1.54) is 11.8 Å². The van der Waals surface area contributed by atoms with Crippen LogP contribution in [0.15, 0.2) is 12.3 Å². The van der Waals surface area contributed by atoms with Gasteiger partial charge >= 0.3 is 0 Å². The molecule has 8 heteroatoms. The molecule has 0 spiro atoms. The van der Waals surface area contributed by atoms with E-state index >= 15 is 0 Å². The van der Waals surface area contributed by atoms with Crippen LogP contribution in [0.2, 0.25) is 0 Å². The summed E-state index contributed by atoms with van der Waals surface area (Å²) in [6.07, 6.45) is 1.53. The molecule has 1 saturated heterocycles. The number of β-amino-alcohol motifs (C(OH)–C–C–N with tert-alkyl or cyclic N) is 2. The van der Waals surface area contributed by atoms with Gasteiger partial charge in [0.25, 0.3) is 5.91 Å². The molecule has 1 aliphatic rings. The minimum absolute atomic E-state index is 0.00948. The molecule has 0 aliphatic carbocycles. The molecule has 1 aromatic heterocycles. The van der Waals surface area contributed by atoms with Gasteiger partial charge in [-0.25, -0.2) is 0 Å². The van der Waals surface area contributed by atoms with E-state index in [1.807, 2.05) is 6.92 Å². The average molecular weight is 310 g/mol. The Bertz CT molecular complexity index is 559. The molecule has 1 aromatic rings. The van der Waals surface area contributed by atoms with Gasteiger partial charge in [-0.2, -0.15) is 5.10 Å². The van der Waals surface area contributed by atoms with E-state index < -0.39 is 11.7 Å². The molecule has 0 unspecified atom stereocenters. The molecule has 122 valence electrons. The zero-order valence-corrected chi connectivity index (χ0v) is 12.8. The maximum Gasteiger partial charge on any atom is 0.274 e. The molecule has 0 radical (unpaired) electrons. The topological polar surface area (TPSA) is 108 Å². The predicted octanol–water partition coefficient (Wildman–Crippen LogP) is -1.02. The van der Waals surface area contributed by atoms with Crippen molar-refractivity contribution in [1.82, 2.24) is 20.0 Å². The molecule has 8 nitrogen and oxygen atoms in total. The zero-order chi connectivity index (χ0) is 16.3. The Kier molecular flexibility index (Phi) is 4.82. The third-order valence-corrected chi connectivity index (χ3v) is 3.72. The van der Waals surface area contributed by atoms with Gasteiger partial charge in [-0.3, -0.25) is 14.3 Å². The Balaban J connectivity index is 2.03. The molecular weight excluding hydrogens is 288 g/mol. The summed E-state index contributed by atoms with van der Waals surface area (Å²) in [6.45, 7) is 3.93. The van der Waals surface area contributed by atoms with Gasteiger partial charge in [-0.15, -0.1) is 0 Å². The maximum atomic E-state index is 12.4. The highest BCUT2D eigenvalue weighted by molar-refractivity contribution is 5.92. The summed E-state index contributed by atoms with van der Waals surface area (Å²) in [6, 6.07) is 1.62. The number of aliphatic hydroxyl groups excluding tert-OH is 1. The van der Waals surface area contributed by atoms with Crippen molar-refractivity contribution < 1.29 is 19.8 Å². The number of hydrogen-bond acceptors (Lipinski definition) is 5. The number of nitrogens with zero attached hydrogens (tertiary/aromatic N) is 3. The third kappa shape index (κ3) is 3.45. The summed E-state index contributed by atoms with van der Waals surface area (Å²) in [5.41, 5.74) is -1.25. The fraction of sp³-hybridized carbons (Fsp3) is 0.643. The van der Waals surface area contributed by atoms with Crippen molar-refractivity contribution in [3.63, 3.8) is 0 Å². The molecular formula is C14H22N4O4. The second kappa shape index (κ2) is 6.45. The number of carbonyl (C=O) groups excluding carboxylic acids is 2. The quantitative estimate of drug-likeness (QED) is 0.645. The van der Waals surface area contributed by atoms with Gasteiger partial charge < -0.3 is 20.4 Å². The van der Waals surface area contributed by atoms with Crippen LogP contribution < -0.4 is 5.32 Å². The van der Waals surface area contributed by atoms with Crippen molar-refractivity contribution in [3.05, 3.63) is 18.0 Å². The fourth-order valence-corrected chi connectivity index (χ4v) is 2.48. The lowest BCUT2D eigenvalue weighted by Gasteiger charge is -2.25. The van der Waals surface area contributed by atoms with Crippen molar-refractivity contribution in [1.29, 1.82) is 0 Å². The first-order valence-electron chi connectivity index (χ1n) is 7.33. The van der Waals surface area contributed by atoms with Crippen molar-refractivity contribution in [2.45, 2.75) is 38.5 Å². The third-order valence-electron chi connectivity index (χ3n) is 3.72. The van der Waals surface area contributed by atoms with Crippen molar-refractivity contribution in [2.24, 2.45) is 0 Å². The molecule has 0 saturated carbocycles. The van der Waals surface area contributed by atoms with Crippen LogP contribution in [0.3, 0.4) is 0 Å².